The van der Waals surface area contributed by atoms with Crippen LogP contribution in [-0.4, -0.2) is 110 Å². The lowest BCUT2D eigenvalue weighted by Gasteiger charge is -2.39. The molecule has 1 saturated heterocycles. The summed E-state index contributed by atoms with van der Waals surface area (Å²) in [5, 5.41) is 81.5. The van der Waals surface area contributed by atoms with E-state index in [0.717, 1.165) is 6.07 Å². The predicted octanol–water partition coefficient (Wildman–Crippen LogP) is -0.164. The van der Waals surface area contributed by atoms with Gasteiger partial charge in [0.05, 0.1) is 20.3 Å². The van der Waals surface area contributed by atoms with E-state index in [4.69, 9.17) is 28.4 Å². The van der Waals surface area contributed by atoms with E-state index in [1.807, 2.05) is 0 Å². The van der Waals surface area contributed by atoms with E-state index in [-0.39, 0.29) is 45.6 Å². The number of ether oxygens (including phenoxy) is 6. The molecule has 0 saturated carbocycles. The first kappa shape index (κ1) is 31.6. The number of ketones is 1. The molecule has 3 aromatic rings. The third-order valence-corrected chi connectivity index (χ3v) is 8.09. The minimum absolute atomic E-state index is 0.0904. The lowest BCUT2D eigenvalue weighted by Crippen LogP contribution is -2.60. The van der Waals surface area contributed by atoms with E-state index in [9.17, 15) is 45.6 Å². The molecule has 0 aliphatic carbocycles. The van der Waals surface area contributed by atoms with Crippen molar-refractivity contribution in [3.05, 3.63) is 65.2 Å². The predicted molar refractivity (Wildman–Crippen MR) is 152 cm³/mol. The van der Waals surface area contributed by atoms with E-state index in [0.29, 0.717) is 5.56 Å². The Balaban J connectivity index is 1.28. The van der Waals surface area contributed by atoms with E-state index >= 15 is 0 Å². The molecule has 0 bridgehead atoms. The summed E-state index contributed by atoms with van der Waals surface area (Å²) in [6.45, 7) is -1.08. The molecule has 0 amide bonds. The van der Waals surface area contributed by atoms with Crippen LogP contribution in [0.2, 0.25) is 0 Å². The monoisotopic (exact) mass is 644 g/mol. The highest BCUT2D eigenvalue weighted by molar-refractivity contribution is 6.05. The Labute approximate surface area is 260 Å². The fraction of sp³-hybridized carbons (Fsp3) is 0.387. The maximum atomic E-state index is 13.2. The highest BCUT2D eigenvalue weighted by atomic mass is 16.7. The van der Waals surface area contributed by atoms with Crippen molar-refractivity contribution in [3.63, 3.8) is 0 Å². The van der Waals surface area contributed by atoms with Crippen molar-refractivity contribution in [2.24, 2.45) is 0 Å². The number of methoxy groups -OCH3 is 1. The summed E-state index contributed by atoms with van der Waals surface area (Å²) in [5.74, 6) is -1.22. The van der Waals surface area contributed by atoms with Gasteiger partial charge in [-0.1, -0.05) is 12.1 Å². The van der Waals surface area contributed by atoms with Crippen molar-refractivity contribution in [1.82, 2.24) is 0 Å². The van der Waals surface area contributed by atoms with Gasteiger partial charge in [-0.25, -0.2) is 0 Å². The second-order valence-electron chi connectivity index (χ2n) is 11.0. The fourth-order valence-corrected chi connectivity index (χ4v) is 5.64. The van der Waals surface area contributed by atoms with Crippen LogP contribution >= 0.6 is 0 Å². The van der Waals surface area contributed by atoms with Crippen molar-refractivity contribution < 1.29 is 74.1 Å². The second kappa shape index (κ2) is 12.4. The number of aliphatic hydroxyl groups excluding tert-OH is 6. The molecule has 46 heavy (non-hydrogen) atoms. The van der Waals surface area contributed by atoms with Gasteiger partial charge in [-0.2, -0.15) is 0 Å². The average molecular weight is 645 g/mol. The van der Waals surface area contributed by atoms with E-state index in [1.165, 1.54) is 37.4 Å². The number of fused-ring (bicyclic) bond motifs is 2. The molecule has 3 aliphatic rings. The molecule has 0 radical (unpaired) electrons. The van der Waals surface area contributed by atoms with Crippen molar-refractivity contribution in [1.29, 1.82) is 0 Å². The largest absolute Gasteiger partial charge is 0.507 e. The smallest absolute Gasteiger partial charge is 0.229 e. The first-order chi connectivity index (χ1) is 22.0. The Morgan fingerprint density at radius 1 is 0.717 bits per heavy atom. The Morgan fingerprint density at radius 2 is 1.41 bits per heavy atom. The number of rotatable bonds is 7. The molecule has 15 heteroatoms. The SMILES string of the molecule is COc1cc([C@H]2Oc3cc([C@H]4Oc5cc(O[C@@H]6O[C@H](CO)[C@@H](O)[C@H](O)[C@H]6O)cc(O)c5C(=O)[C@@H]4O)ccc3O[C@@H]2CO)ccc1O. The number of Topliss-reactive ketones (excluding diaryl/α,β-unsaturated/α-hetero) is 1. The first-order valence-corrected chi connectivity index (χ1v) is 14.2. The van der Waals surface area contributed by atoms with Crippen LogP contribution in [-0.2, 0) is 4.74 Å². The van der Waals surface area contributed by atoms with Gasteiger partial charge in [-0.15, -0.1) is 0 Å². The zero-order chi connectivity index (χ0) is 32.9. The Kier molecular flexibility index (Phi) is 8.56. The Bertz CT molecular complexity index is 1610. The topological polar surface area (TPSA) is 234 Å². The van der Waals surface area contributed by atoms with Gasteiger partial charge in [0.2, 0.25) is 12.1 Å². The minimum atomic E-state index is -1.75. The van der Waals surface area contributed by atoms with Crippen LogP contribution < -0.4 is 23.7 Å². The molecule has 15 nitrogen and oxygen atoms in total. The van der Waals surface area contributed by atoms with E-state index in [1.54, 1.807) is 12.1 Å². The zero-order valence-electron chi connectivity index (χ0n) is 24.2. The molecular weight excluding hydrogens is 612 g/mol. The lowest BCUT2D eigenvalue weighted by atomic mass is 9.92. The highest BCUT2D eigenvalue weighted by Gasteiger charge is 2.45. The van der Waals surface area contributed by atoms with Gasteiger partial charge in [-0.3, -0.25) is 4.79 Å². The van der Waals surface area contributed by atoms with Crippen LogP contribution in [0.1, 0.15) is 33.7 Å². The third kappa shape index (κ3) is 5.51. The maximum Gasteiger partial charge on any atom is 0.229 e. The van der Waals surface area contributed by atoms with Crippen LogP contribution in [0.15, 0.2) is 48.5 Å². The summed E-state index contributed by atoms with van der Waals surface area (Å²) >= 11 is 0. The summed E-state index contributed by atoms with van der Waals surface area (Å²) in [6.07, 6.45) is -12.6. The summed E-state index contributed by atoms with van der Waals surface area (Å²) in [4.78, 5) is 13.2. The molecule has 9 atom stereocenters. The maximum absolute atomic E-state index is 13.2. The van der Waals surface area contributed by atoms with E-state index in [2.05, 4.69) is 0 Å². The average Bonchev–Trinajstić information content (AvgIpc) is 3.05. The summed E-state index contributed by atoms with van der Waals surface area (Å²) in [5.41, 5.74) is 0.498. The highest BCUT2D eigenvalue weighted by Crippen LogP contribution is 2.46. The molecule has 3 aliphatic heterocycles. The normalized spacial score (nSPS) is 30.2. The molecular formula is C31H32O15. The van der Waals surface area contributed by atoms with Crippen LogP contribution in [0.4, 0.5) is 0 Å². The molecule has 3 aromatic carbocycles. The van der Waals surface area contributed by atoms with Crippen LogP contribution in [0.5, 0.6) is 40.2 Å². The van der Waals surface area contributed by atoms with Gasteiger partial charge in [0.1, 0.15) is 47.2 Å². The van der Waals surface area contributed by atoms with Crippen LogP contribution in [0.3, 0.4) is 0 Å². The molecule has 3 heterocycles. The number of aromatic hydroxyl groups is 2. The van der Waals surface area contributed by atoms with Crippen molar-refractivity contribution in [2.45, 2.75) is 55.1 Å². The number of phenolic OH excluding ortho intramolecular Hbond substituents is 2. The number of benzene rings is 3. The third-order valence-electron chi connectivity index (χ3n) is 8.09. The molecule has 0 spiro atoms. The number of hydrogen-bond acceptors (Lipinski definition) is 15. The molecule has 0 aromatic heterocycles. The second-order valence-corrected chi connectivity index (χ2v) is 11.0. The van der Waals surface area contributed by atoms with Crippen molar-refractivity contribution >= 4 is 5.78 Å². The zero-order valence-corrected chi connectivity index (χ0v) is 24.2. The van der Waals surface area contributed by atoms with Gasteiger partial charge in [-0.05, 0) is 29.8 Å². The molecule has 8 N–H and O–H groups in total. The number of aliphatic hydroxyl groups is 6. The number of carbonyl (C=O) groups excluding carboxylic acids is 1. The van der Waals surface area contributed by atoms with Gasteiger partial charge < -0.3 is 69.3 Å². The van der Waals surface area contributed by atoms with Crippen LogP contribution in [0, 0.1) is 0 Å². The molecule has 1 fully saturated rings. The number of phenols is 2. The van der Waals surface area contributed by atoms with Gasteiger partial charge >= 0.3 is 0 Å². The molecule has 246 valence electrons. The van der Waals surface area contributed by atoms with Gasteiger partial charge in [0.25, 0.3) is 0 Å². The Morgan fingerprint density at radius 3 is 2.13 bits per heavy atom. The number of hydrogen-bond donors (Lipinski definition) is 8. The van der Waals surface area contributed by atoms with Gasteiger partial charge in [0, 0.05) is 17.7 Å². The first-order valence-electron chi connectivity index (χ1n) is 14.2. The lowest BCUT2D eigenvalue weighted by molar-refractivity contribution is -0.277. The van der Waals surface area contributed by atoms with Gasteiger partial charge in [0.15, 0.2) is 47.4 Å². The molecule has 0 unspecified atom stereocenters. The summed E-state index contributed by atoms with van der Waals surface area (Å²) < 4.78 is 34.3. The summed E-state index contributed by atoms with van der Waals surface area (Å²) in [6, 6.07) is 11.3. The van der Waals surface area contributed by atoms with E-state index < -0.39 is 79.9 Å². The van der Waals surface area contributed by atoms with Crippen molar-refractivity contribution in [3.8, 4) is 40.2 Å². The quantitative estimate of drug-likeness (QED) is 0.167. The summed E-state index contributed by atoms with van der Waals surface area (Å²) in [7, 11) is 1.39. The number of carbonyl (C=O) groups is 1. The minimum Gasteiger partial charge on any atom is -0.507 e. The fourth-order valence-electron chi connectivity index (χ4n) is 5.64. The van der Waals surface area contributed by atoms with Crippen molar-refractivity contribution in [2.75, 3.05) is 20.3 Å². The molecule has 6 rings (SSSR count). The van der Waals surface area contributed by atoms with Crippen LogP contribution in [0.25, 0.3) is 0 Å². The standard InChI is InChI=1S/C31H32O15/c1-41-18-6-12(2-4-15(18)34)29-22(11-33)43-17-5-3-13(7-19(17)44-29)30-27(39)25(37)23-16(35)8-14(9-20(23)45-30)42-31-28(40)26(38)24(36)21(10-32)46-31/h2-9,21-22,24,26-36,38-40H,10-11H2,1H3/t21-,22-,24-,26+,27+,28-,29-,30-,31-/m1/s1. The Hall–Kier alpha value is -4.35.